The van der Waals surface area contributed by atoms with Gasteiger partial charge in [-0.15, -0.1) is 0 Å². The highest BCUT2D eigenvalue weighted by molar-refractivity contribution is 4.85. The van der Waals surface area contributed by atoms with Gasteiger partial charge in [-0.2, -0.15) is 0 Å². The summed E-state index contributed by atoms with van der Waals surface area (Å²) >= 11 is 0. The Morgan fingerprint density at radius 2 is 2.45 bits per heavy atom. The Morgan fingerprint density at radius 3 is 3.36 bits per heavy atom. The van der Waals surface area contributed by atoms with Crippen LogP contribution in [0.5, 0.6) is 0 Å². The zero-order valence-electron chi connectivity index (χ0n) is 7.05. The molecule has 0 amide bonds. The summed E-state index contributed by atoms with van der Waals surface area (Å²) in [6, 6.07) is 1.30. The minimum Gasteiger partial charge on any atom is -0.378 e. The molecule has 2 atom stereocenters. The summed E-state index contributed by atoms with van der Waals surface area (Å²) in [6.07, 6.45) is 0. The summed E-state index contributed by atoms with van der Waals surface area (Å²) < 4.78 is 5.39. The van der Waals surface area contributed by atoms with Crippen LogP contribution in [0.3, 0.4) is 0 Å². The van der Waals surface area contributed by atoms with E-state index in [0.29, 0.717) is 12.1 Å². The highest BCUT2D eigenvalue weighted by Gasteiger charge is 2.27. The van der Waals surface area contributed by atoms with Crippen LogP contribution in [-0.4, -0.2) is 49.8 Å². The lowest BCUT2D eigenvalue weighted by atomic mass is 10.1. The van der Waals surface area contributed by atoms with Crippen LogP contribution in [0.1, 0.15) is 6.92 Å². The van der Waals surface area contributed by atoms with Gasteiger partial charge in [-0.05, 0) is 6.92 Å². The van der Waals surface area contributed by atoms with Crippen molar-refractivity contribution >= 4 is 0 Å². The molecule has 2 fully saturated rings. The van der Waals surface area contributed by atoms with E-state index in [0.717, 1.165) is 26.3 Å². The summed E-state index contributed by atoms with van der Waals surface area (Å²) in [5.41, 5.74) is 0. The minimum absolute atomic E-state index is 0.639. The quantitative estimate of drug-likeness (QED) is 0.520. The van der Waals surface area contributed by atoms with E-state index in [-0.39, 0.29) is 0 Å². The molecule has 0 aromatic carbocycles. The first kappa shape index (κ1) is 7.53. The maximum absolute atomic E-state index is 5.39. The molecule has 64 valence electrons. The Labute approximate surface area is 67.7 Å². The SMILES string of the molecule is C[C@@H]1CN2CCOC[C@H]2CN1. The molecular weight excluding hydrogens is 140 g/mol. The monoisotopic (exact) mass is 156 g/mol. The number of hydrogen-bond donors (Lipinski definition) is 1. The average Bonchev–Trinajstić information content (AvgIpc) is 2.04. The van der Waals surface area contributed by atoms with E-state index < -0.39 is 0 Å². The number of morpholine rings is 1. The molecule has 2 rings (SSSR count). The van der Waals surface area contributed by atoms with Crippen molar-refractivity contribution in [2.24, 2.45) is 0 Å². The van der Waals surface area contributed by atoms with E-state index in [9.17, 15) is 0 Å². The van der Waals surface area contributed by atoms with Crippen LogP contribution in [0.15, 0.2) is 0 Å². The van der Waals surface area contributed by atoms with Crippen LogP contribution in [0.25, 0.3) is 0 Å². The van der Waals surface area contributed by atoms with Gasteiger partial charge in [-0.1, -0.05) is 0 Å². The van der Waals surface area contributed by atoms with Crippen LogP contribution in [0.2, 0.25) is 0 Å². The van der Waals surface area contributed by atoms with Gasteiger partial charge in [0.05, 0.1) is 13.2 Å². The van der Waals surface area contributed by atoms with Gasteiger partial charge < -0.3 is 10.1 Å². The summed E-state index contributed by atoms with van der Waals surface area (Å²) in [5.74, 6) is 0. The molecule has 2 aliphatic rings. The Morgan fingerprint density at radius 1 is 1.55 bits per heavy atom. The molecule has 0 aliphatic carbocycles. The van der Waals surface area contributed by atoms with Crippen LogP contribution < -0.4 is 5.32 Å². The van der Waals surface area contributed by atoms with Crippen LogP contribution in [0, 0.1) is 0 Å². The highest BCUT2D eigenvalue weighted by Crippen LogP contribution is 2.10. The lowest BCUT2D eigenvalue weighted by molar-refractivity contribution is -0.0244. The lowest BCUT2D eigenvalue weighted by Crippen LogP contribution is -2.59. The van der Waals surface area contributed by atoms with Gasteiger partial charge in [0, 0.05) is 31.7 Å². The first-order valence-corrected chi connectivity index (χ1v) is 4.41. The maximum atomic E-state index is 5.39. The molecule has 3 heteroatoms. The molecule has 0 bridgehead atoms. The third-order valence-corrected chi connectivity index (χ3v) is 2.56. The molecule has 0 aromatic heterocycles. The number of piperazine rings is 1. The van der Waals surface area contributed by atoms with Crippen molar-refractivity contribution in [3.05, 3.63) is 0 Å². The first-order valence-electron chi connectivity index (χ1n) is 4.41. The number of nitrogens with one attached hydrogen (secondary N) is 1. The van der Waals surface area contributed by atoms with E-state index in [1.54, 1.807) is 0 Å². The number of fused-ring (bicyclic) bond motifs is 1. The molecular formula is C8H16N2O. The molecule has 0 spiro atoms. The smallest absolute Gasteiger partial charge is 0.0634 e. The van der Waals surface area contributed by atoms with E-state index >= 15 is 0 Å². The van der Waals surface area contributed by atoms with Gasteiger partial charge in [-0.25, -0.2) is 0 Å². The molecule has 0 unspecified atom stereocenters. The topological polar surface area (TPSA) is 24.5 Å². The predicted octanol–water partition coefficient (Wildman–Crippen LogP) is -0.321. The van der Waals surface area contributed by atoms with Crippen molar-refractivity contribution in [3.63, 3.8) is 0 Å². The van der Waals surface area contributed by atoms with E-state index in [2.05, 4.69) is 17.1 Å². The lowest BCUT2D eigenvalue weighted by Gasteiger charge is -2.41. The zero-order chi connectivity index (χ0) is 7.68. The number of rotatable bonds is 0. The Hall–Kier alpha value is -0.120. The molecule has 2 saturated heterocycles. The molecule has 2 aliphatic heterocycles. The van der Waals surface area contributed by atoms with Crippen LogP contribution in [0.4, 0.5) is 0 Å². The second-order valence-electron chi connectivity index (χ2n) is 3.53. The normalized spacial score (nSPS) is 40.1. The molecule has 0 aromatic rings. The standard InChI is InChI=1S/C8H16N2O/c1-7-5-10-2-3-11-6-8(10)4-9-7/h7-9H,2-6H2,1H3/t7-,8-/m1/s1. The minimum atomic E-state index is 0.639. The molecule has 3 nitrogen and oxygen atoms in total. The number of nitrogens with zero attached hydrogens (tertiary/aromatic N) is 1. The summed E-state index contributed by atoms with van der Waals surface area (Å²) in [6.45, 7) is 7.49. The van der Waals surface area contributed by atoms with Crippen molar-refractivity contribution in [3.8, 4) is 0 Å². The molecule has 0 saturated carbocycles. The number of ether oxygens (including phenoxy) is 1. The fraction of sp³-hybridized carbons (Fsp3) is 1.00. The van der Waals surface area contributed by atoms with Crippen molar-refractivity contribution in [1.29, 1.82) is 0 Å². The summed E-state index contributed by atoms with van der Waals surface area (Å²) in [4.78, 5) is 2.53. The molecule has 1 N–H and O–H groups in total. The second kappa shape index (κ2) is 3.09. The average molecular weight is 156 g/mol. The first-order chi connectivity index (χ1) is 5.36. The van der Waals surface area contributed by atoms with E-state index in [1.165, 1.54) is 6.54 Å². The second-order valence-corrected chi connectivity index (χ2v) is 3.53. The fourth-order valence-corrected chi connectivity index (χ4v) is 1.87. The van der Waals surface area contributed by atoms with Gasteiger partial charge in [0.25, 0.3) is 0 Å². The Kier molecular flexibility index (Phi) is 2.11. The fourth-order valence-electron chi connectivity index (χ4n) is 1.87. The third-order valence-electron chi connectivity index (χ3n) is 2.56. The van der Waals surface area contributed by atoms with Crippen molar-refractivity contribution in [1.82, 2.24) is 10.2 Å². The van der Waals surface area contributed by atoms with Gasteiger partial charge >= 0.3 is 0 Å². The molecule has 0 radical (unpaired) electrons. The van der Waals surface area contributed by atoms with Gasteiger partial charge in [-0.3, -0.25) is 4.90 Å². The van der Waals surface area contributed by atoms with Crippen molar-refractivity contribution in [2.75, 3.05) is 32.8 Å². The third kappa shape index (κ3) is 1.55. The largest absolute Gasteiger partial charge is 0.378 e. The van der Waals surface area contributed by atoms with Gasteiger partial charge in [0.2, 0.25) is 0 Å². The van der Waals surface area contributed by atoms with Gasteiger partial charge in [0.15, 0.2) is 0 Å². The number of hydrogen-bond acceptors (Lipinski definition) is 3. The van der Waals surface area contributed by atoms with Crippen LogP contribution >= 0.6 is 0 Å². The molecule has 11 heavy (non-hydrogen) atoms. The summed E-state index contributed by atoms with van der Waals surface area (Å²) in [5, 5.41) is 3.46. The predicted molar refractivity (Wildman–Crippen MR) is 43.6 cm³/mol. The maximum Gasteiger partial charge on any atom is 0.0634 e. The Bertz CT molecular complexity index is 140. The highest BCUT2D eigenvalue weighted by atomic mass is 16.5. The van der Waals surface area contributed by atoms with Crippen LogP contribution in [-0.2, 0) is 4.74 Å². The van der Waals surface area contributed by atoms with Crippen molar-refractivity contribution in [2.45, 2.75) is 19.0 Å². The van der Waals surface area contributed by atoms with Gasteiger partial charge in [0.1, 0.15) is 0 Å². The van der Waals surface area contributed by atoms with E-state index in [4.69, 9.17) is 4.74 Å². The Balaban J connectivity index is 1.93. The van der Waals surface area contributed by atoms with E-state index in [1.807, 2.05) is 0 Å². The van der Waals surface area contributed by atoms with Crippen molar-refractivity contribution < 1.29 is 4.74 Å². The zero-order valence-corrected chi connectivity index (χ0v) is 7.05. The molecule has 2 heterocycles. The summed E-state index contributed by atoms with van der Waals surface area (Å²) in [7, 11) is 0.